The van der Waals surface area contributed by atoms with Crippen LogP contribution in [0.5, 0.6) is 11.5 Å². The maximum Gasteiger partial charge on any atom is 0.167 e. The van der Waals surface area contributed by atoms with E-state index >= 15 is 0 Å². The molecule has 1 N–H and O–H groups in total. The summed E-state index contributed by atoms with van der Waals surface area (Å²) in [6.07, 6.45) is 6.82. The van der Waals surface area contributed by atoms with Crippen LogP contribution in [-0.2, 0) is 0 Å². The molecule has 2 rings (SSSR count). The van der Waals surface area contributed by atoms with Gasteiger partial charge in [-0.2, -0.15) is 0 Å². The lowest BCUT2D eigenvalue weighted by Crippen LogP contribution is -2.15. The summed E-state index contributed by atoms with van der Waals surface area (Å²) in [4.78, 5) is 0. The Morgan fingerprint density at radius 1 is 1.29 bits per heavy atom. The third kappa shape index (κ3) is 3.24. The predicted octanol–water partition coefficient (Wildman–Crippen LogP) is 2.47. The van der Waals surface area contributed by atoms with Crippen LogP contribution in [-0.4, -0.2) is 26.8 Å². The zero-order valence-electron chi connectivity index (χ0n) is 10.4. The molecule has 0 unspecified atom stereocenters. The molecule has 1 aliphatic rings. The molecule has 0 amide bonds. The Balaban J connectivity index is 2.02. The monoisotopic (exact) mass is 233 g/mol. The molecule has 0 bridgehead atoms. The molecule has 1 fully saturated rings. The van der Waals surface area contributed by atoms with E-state index in [-0.39, 0.29) is 0 Å². The molecule has 1 saturated carbocycles. The van der Waals surface area contributed by atoms with Crippen molar-refractivity contribution in [1.29, 1.82) is 0 Å². The van der Waals surface area contributed by atoms with Gasteiger partial charge in [0.1, 0.15) is 0 Å². The SMILES string of the molecule is COc1cccc(C=CCNC2CC2)c1OC. The fourth-order valence-electron chi connectivity index (χ4n) is 1.75. The van der Waals surface area contributed by atoms with Crippen LogP contribution in [0.15, 0.2) is 24.3 Å². The average Bonchev–Trinajstić information content (AvgIpc) is 3.18. The molecule has 3 heteroatoms. The first-order chi connectivity index (χ1) is 8.35. The summed E-state index contributed by atoms with van der Waals surface area (Å²) in [5, 5.41) is 3.43. The fourth-order valence-corrected chi connectivity index (χ4v) is 1.75. The van der Waals surface area contributed by atoms with Crippen molar-refractivity contribution in [2.75, 3.05) is 20.8 Å². The highest BCUT2D eigenvalue weighted by molar-refractivity contribution is 5.62. The summed E-state index contributed by atoms with van der Waals surface area (Å²) in [6.45, 7) is 0.908. The van der Waals surface area contributed by atoms with E-state index in [9.17, 15) is 0 Å². The van der Waals surface area contributed by atoms with E-state index in [1.165, 1.54) is 12.8 Å². The minimum absolute atomic E-state index is 0.742. The first-order valence-corrected chi connectivity index (χ1v) is 5.96. The summed E-state index contributed by atoms with van der Waals surface area (Å²) < 4.78 is 10.6. The topological polar surface area (TPSA) is 30.5 Å². The van der Waals surface area contributed by atoms with Gasteiger partial charge >= 0.3 is 0 Å². The standard InChI is InChI=1S/C14H19NO2/c1-16-13-7-3-5-11(14(13)17-2)6-4-10-15-12-8-9-12/h3-7,12,15H,8-10H2,1-2H3. The third-order valence-electron chi connectivity index (χ3n) is 2.83. The lowest BCUT2D eigenvalue weighted by molar-refractivity contribution is 0.354. The van der Waals surface area contributed by atoms with E-state index in [0.29, 0.717) is 0 Å². The van der Waals surface area contributed by atoms with E-state index in [1.807, 2.05) is 18.2 Å². The van der Waals surface area contributed by atoms with Crippen LogP contribution in [0.1, 0.15) is 18.4 Å². The number of ether oxygens (including phenoxy) is 2. The van der Waals surface area contributed by atoms with Gasteiger partial charge in [-0.3, -0.25) is 0 Å². The van der Waals surface area contributed by atoms with E-state index in [2.05, 4.69) is 17.5 Å². The Morgan fingerprint density at radius 3 is 2.76 bits per heavy atom. The van der Waals surface area contributed by atoms with Crippen LogP contribution < -0.4 is 14.8 Å². The average molecular weight is 233 g/mol. The van der Waals surface area contributed by atoms with Crippen molar-refractivity contribution in [1.82, 2.24) is 5.32 Å². The second-order valence-corrected chi connectivity index (χ2v) is 4.17. The van der Waals surface area contributed by atoms with Crippen molar-refractivity contribution in [3.8, 4) is 11.5 Å². The summed E-state index contributed by atoms with van der Waals surface area (Å²) in [6, 6.07) is 6.63. The second kappa shape index (κ2) is 5.73. The van der Waals surface area contributed by atoms with Gasteiger partial charge in [0.2, 0.25) is 0 Å². The molecule has 0 heterocycles. The molecule has 0 saturated heterocycles. The third-order valence-corrected chi connectivity index (χ3v) is 2.83. The molecule has 1 aliphatic carbocycles. The fraction of sp³-hybridized carbons (Fsp3) is 0.429. The number of benzene rings is 1. The molecule has 0 atom stereocenters. The van der Waals surface area contributed by atoms with Crippen LogP contribution in [0.2, 0.25) is 0 Å². The van der Waals surface area contributed by atoms with Gasteiger partial charge in [0, 0.05) is 18.2 Å². The highest BCUT2D eigenvalue weighted by atomic mass is 16.5. The van der Waals surface area contributed by atoms with Gasteiger partial charge < -0.3 is 14.8 Å². The van der Waals surface area contributed by atoms with Gasteiger partial charge in [-0.1, -0.05) is 24.3 Å². The number of hydrogen-bond acceptors (Lipinski definition) is 3. The van der Waals surface area contributed by atoms with Crippen molar-refractivity contribution >= 4 is 6.08 Å². The number of nitrogens with one attached hydrogen (secondary N) is 1. The summed E-state index contributed by atoms with van der Waals surface area (Å²) in [7, 11) is 3.32. The molecule has 92 valence electrons. The lowest BCUT2D eigenvalue weighted by atomic mass is 10.1. The van der Waals surface area contributed by atoms with E-state index in [4.69, 9.17) is 9.47 Å². The highest BCUT2D eigenvalue weighted by Gasteiger charge is 2.18. The maximum absolute atomic E-state index is 5.36. The van der Waals surface area contributed by atoms with Crippen molar-refractivity contribution in [2.24, 2.45) is 0 Å². The number of hydrogen-bond donors (Lipinski definition) is 1. The van der Waals surface area contributed by atoms with Crippen LogP contribution >= 0.6 is 0 Å². The number of para-hydroxylation sites is 1. The summed E-state index contributed by atoms with van der Waals surface area (Å²) in [5.41, 5.74) is 1.05. The van der Waals surface area contributed by atoms with Gasteiger partial charge in [0.15, 0.2) is 11.5 Å². The van der Waals surface area contributed by atoms with Crippen molar-refractivity contribution in [2.45, 2.75) is 18.9 Å². The van der Waals surface area contributed by atoms with Crippen molar-refractivity contribution < 1.29 is 9.47 Å². The Bertz CT molecular complexity index is 397. The van der Waals surface area contributed by atoms with Crippen LogP contribution in [0, 0.1) is 0 Å². The number of methoxy groups -OCH3 is 2. The van der Waals surface area contributed by atoms with Crippen LogP contribution in [0.3, 0.4) is 0 Å². The smallest absolute Gasteiger partial charge is 0.167 e. The first kappa shape index (κ1) is 12.0. The molecule has 0 spiro atoms. The van der Waals surface area contributed by atoms with E-state index in [1.54, 1.807) is 14.2 Å². The van der Waals surface area contributed by atoms with E-state index < -0.39 is 0 Å². The van der Waals surface area contributed by atoms with Crippen molar-refractivity contribution in [3.63, 3.8) is 0 Å². The normalized spacial score (nSPS) is 15.2. The first-order valence-electron chi connectivity index (χ1n) is 5.96. The Kier molecular flexibility index (Phi) is 4.04. The Labute approximate surface area is 102 Å². The summed E-state index contributed by atoms with van der Waals surface area (Å²) in [5.74, 6) is 1.56. The molecule has 0 aliphatic heterocycles. The lowest BCUT2D eigenvalue weighted by Gasteiger charge is -2.09. The van der Waals surface area contributed by atoms with Crippen LogP contribution in [0.4, 0.5) is 0 Å². The Morgan fingerprint density at radius 2 is 2.12 bits per heavy atom. The van der Waals surface area contributed by atoms with Crippen LogP contribution in [0.25, 0.3) is 6.08 Å². The molecular formula is C14H19NO2. The van der Waals surface area contributed by atoms with Gasteiger partial charge in [0.25, 0.3) is 0 Å². The predicted molar refractivity (Wildman–Crippen MR) is 69.6 cm³/mol. The molecule has 3 nitrogen and oxygen atoms in total. The minimum atomic E-state index is 0.742. The molecule has 0 radical (unpaired) electrons. The molecule has 17 heavy (non-hydrogen) atoms. The van der Waals surface area contributed by atoms with Gasteiger partial charge in [0.05, 0.1) is 14.2 Å². The van der Waals surface area contributed by atoms with Gasteiger partial charge in [-0.05, 0) is 18.9 Å². The highest BCUT2D eigenvalue weighted by Crippen LogP contribution is 2.31. The Hall–Kier alpha value is -1.48. The van der Waals surface area contributed by atoms with Gasteiger partial charge in [-0.15, -0.1) is 0 Å². The quantitative estimate of drug-likeness (QED) is 0.818. The second-order valence-electron chi connectivity index (χ2n) is 4.17. The molecule has 1 aromatic carbocycles. The van der Waals surface area contributed by atoms with E-state index in [0.717, 1.165) is 29.6 Å². The van der Waals surface area contributed by atoms with Gasteiger partial charge in [-0.25, -0.2) is 0 Å². The minimum Gasteiger partial charge on any atom is -0.493 e. The summed E-state index contributed by atoms with van der Waals surface area (Å²) >= 11 is 0. The maximum atomic E-state index is 5.36. The van der Waals surface area contributed by atoms with Crippen molar-refractivity contribution in [3.05, 3.63) is 29.8 Å². The molecule has 0 aromatic heterocycles. The zero-order chi connectivity index (χ0) is 12.1. The molecule has 1 aromatic rings. The molecular weight excluding hydrogens is 214 g/mol. The zero-order valence-corrected chi connectivity index (χ0v) is 10.4. The number of rotatable bonds is 6. The largest absolute Gasteiger partial charge is 0.493 e.